The Morgan fingerprint density at radius 3 is 1.73 bits per heavy atom. The summed E-state index contributed by atoms with van der Waals surface area (Å²) in [4.78, 5) is 2.38. The minimum Gasteiger partial charge on any atom is -0.381 e. The van der Waals surface area contributed by atoms with Gasteiger partial charge in [0.05, 0.1) is 12.7 Å². The lowest BCUT2D eigenvalue weighted by molar-refractivity contribution is 0.0416. The summed E-state index contributed by atoms with van der Waals surface area (Å²) in [5.41, 5.74) is 0. The van der Waals surface area contributed by atoms with Gasteiger partial charge in [0, 0.05) is 31.8 Å². The second kappa shape index (κ2) is 17.2. The van der Waals surface area contributed by atoms with Crippen LogP contribution in [0.3, 0.4) is 0 Å². The van der Waals surface area contributed by atoms with E-state index in [9.17, 15) is 0 Å². The highest BCUT2D eigenvalue weighted by Crippen LogP contribution is 2.25. The molecule has 0 radical (unpaired) electrons. The molecule has 2 bridgehead atoms. The Kier molecular flexibility index (Phi) is 18.8. The van der Waals surface area contributed by atoms with E-state index in [0.29, 0.717) is 12.1 Å². The first-order valence-corrected chi connectivity index (χ1v) is 9.36. The van der Waals surface area contributed by atoms with Crippen molar-refractivity contribution in [3.63, 3.8) is 0 Å². The fourth-order valence-electron chi connectivity index (χ4n) is 2.58. The standard InChI is InChI=1S/C6H11NO.C6H13NO.3C2H6/c1-7-3-6-2-5(7)4-8-6;1-7-6-2-4-8-5-3-6;3*1-2/h5-6H,2-4H2,1H3;6-7H,2-5H2,1H3;3*1-2H3/t5-,6-;;;;/m0..../s1. The van der Waals surface area contributed by atoms with Crippen LogP contribution in [0.15, 0.2) is 0 Å². The van der Waals surface area contributed by atoms with Crippen LogP contribution < -0.4 is 5.32 Å². The fourth-order valence-corrected chi connectivity index (χ4v) is 2.58. The lowest BCUT2D eigenvalue weighted by atomic mass is 10.1. The molecular formula is C18H42N2O2. The van der Waals surface area contributed by atoms with Gasteiger partial charge in [0.1, 0.15) is 0 Å². The van der Waals surface area contributed by atoms with E-state index in [4.69, 9.17) is 9.47 Å². The number of likely N-dealkylation sites (tertiary alicyclic amines) is 1. The largest absolute Gasteiger partial charge is 0.381 e. The van der Waals surface area contributed by atoms with Crippen molar-refractivity contribution in [2.24, 2.45) is 0 Å². The molecule has 0 aliphatic carbocycles. The first kappa shape index (κ1) is 24.1. The minimum atomic E-state index is 0.574. The van der Waals surface area contributed by atoms with Gasteiger partial charge in [-0.15, -0.1) is 0 Å². The molecule has 3 fully saturated rings. The highest BCUT2D eigenvalue weighted by Gasteiger charge is 2.36. The molecule has 3 heterocycles. The number of rotatable bonds is 1. The summed E-state index contributed by atoms with van der Waals surface area (Å²) in [6.45, 7) is 16.0. The molecule has 0 aromatic carbocycles. The monoisotopic (exact) mass is 318 g/mol. The van der Waals surface area contributed by atoms with Gasteiger partial charge in [-0.2, -0.15) is 0 Å². The van der Waals surface area contributed by atoms with Gasteiger partial charge in [-0.3, -0.25) is 4.90 Å². The fraction of sp³-hybridized carbons (Fsp3) is 1.00. The Labute approximate surface area is 139 Å². The molecular weight excluding hydrogens is 276 g/mol. The van der Waals surface area contributed by atoms with Crippen molar-refractivity contribution in [2.45, 2.75) is 79.0 Å². The van der Waals surface area contributed by atoms with E-state index >= 15 is 0 Å². The number of ether oxygens (including phenoxy) is 2. The van der Waals surface area contributed by atoms with Crippen LogP contribution in [0.5, 0.6) is 0 Å². The molecule has 136 valence electrons. The number of morpholine rings is 1. The molecule has 0 aromatic heterocycles. The molecule has 1 N–H and O–H groups in total. The number of hydrogen-bond donors (Lipinski definition) is 1. The average molecular weight is 319 g/mol. The third kappa shape index (κ3) is 9.78. The molecule has 0 amide bonds. The summed E-state index contributed by atoms with van der Waals surface area (Å²) >= 11 is 0. The highest BCUT2D eigenvalue weighted by molar-refractivity contribution is 4.89. The molecule has 3 aliphatic heterocycles. The lowest BCUT2D eigenvalue weighted by Crippen LogP contribution is -2.33. The summed E-state index contributed by atoms with van der Waals surface area (Å²) in [5, 5.41) is 3.22. The van der Waals surface area contributed by atoms with Gasteiger partial charge in [-0.05, 0) is 33.4 Å². The van der Waals surface area contributed by atoms with Crippen LogP contribution in [0.25, 0.3) is 0 Å². The predicted octanol–water partition coefficient (Wildman–Crippen LogP) is 3.55. The van der Waals surface area contributed by atoms with Crippen LogP contribution in [-0.2, 0) is 9.47 Å². The average Bonchev–Trinajstić information content (AvgIpc) is 3.24. The number of nitrogens with one attached hydrogen (secondary N) is 1. The second-order valence-corrected chi connectivity index (χ2v) is 4.96. The second-order valence-electron chi connectivity index (χ2n) is 4.96. The SMILES string of the molecule is CC.CC.CC.CN1C[C@@H]2C[C@H]1CO2.CNC1CCOCC1. The zero-order valence-electron chi connectivity index (χ0n) is 16.4. The van der Waals surface area contributed by atoms with E-state index in [-0.39, 0.29) is 0 Å². The van der Waals surface area contributed by atoms with E-state index < -0.39 is 0 Å². The Balaban J connectivity index is 0. The number of fused-ring (bicyclic) bond motifs is 2. The van der Waals surface area contributed by atoms with Gasteiger partial charge in [-0.1, -0.05) is 41.5 Å². The van der Waals surface area contributed by atoms with Crippen molar-refractivity contribution in [2.75, 3.05) is 40.5 Å². The van der Waals surface area contributed by atoms with E-state index in [1.54, 1.807) is 0 Å². The van der Waals surface area contributed by atoms with Crippen LogP contribution in [0, 0.1) is 0 Å². The molecule has 0 spiro atoms. The molecule has 4 heteroatoms. The summed E-state index contributed by atoms with van der Waals surface area (Å²) in [6.07, 6.45) is 4.20. The smallest absolute Gasteiger partial charge is 0.0718 e. The maximum absolute atomic E-state index is 5.38. The van der Waals surface area contributed by atoms with Crippen LogP contribution >= 0.6 is 0 Å². The third-order valence-corrected chi connectivity index (χ3v) is 3.80. The van der Waals surface area contributed by atoms with Gasteiger partial charge in [0.15, 0.2) is 0 Å². The molecule has 0 aromatic rings. The zero-order chi connectivity index (χ0) is 17.4. The van der Waals surface area contributed by atoms with Crippen molar-refractivity contribution in [3.05, 3.63) is 0 Å². The maximum Gasteiger partial charge on any atom is 0.0718 e. The van der Waals surface area contributed by atoms with Crippen LogP contribution in [-0.4, -0.2) is 63.5 Å². The molecule has 3 rings (SSSR count). The van der Waals surface area contributed by atoms with E-state index in [1.165, 1.54) is 19.3 Å². The number of hydrogen-bond acceptors (Lipinski definition) is 4. The molecule has 4 nitrogen and oxygen atoms in total. The quantitative estimate of drug-likeness (QED) is 0.801. The van der Waals surface area contributed by atoms with Crippen LogP contribution in [0.1, 0.15) is 60.8 Å². The molecule has 22 heavy (non-hydrogen) atoms. The Morgan fingerprint density at radius 2 is 1.50 bits per heavy atom. The Morgan fingerprint density at radius 1 is 0.955 bits per heavy atom. The van der Waals surface area contributed by atoms with Crippen molar-refractivity contribution in [3.8, 4) is 0 Å². The number of likely N-dealkylation sites (N-methyl/N-ethyl adjacent to an activating group) is 1. The minimum absolute atomic E-state index is 0.574. The summed E-state index contributed by atoms with van der Waals surface area (Å²) in [7, 11) is 4.18. The van der Waals surface area contributed by atoms with Gasteiger partial charge in [-0.25, -0.2) is 0 Å². The summed E-state index contributed by atoms with van der Waals surface area (Å²) < 4.78 is 10.5. The van der Waals surface area contributed by atoms with E-state index in [0.717, 1.165) is 32.4 Å². The van der Waals surface area contributed by atoms with Gasteiger partial charge in [0.25, 0.3) is 0 Å². The van der Waals surface area contributed by atoms with Gasteiger partial charge < -0.3 is 14.8 Å². The topological polar surface area (TPSA) is 33.7 Å². The Bertz CT molecular complexity index is 207. The summed E-state index contributed by atoms with van der Waals surface area (Å²) in [5.74, 6) is 0. The zero-order valence-corrected chi connectivity index (χ0v) is 16.4. The first-order chi connectivity index (χ1) is 10.8. The molecule has 0 unspecified atom stereocenters. The lowest BCUT2D eigenvalue weighted by Gasteiger charge is -2.21. The Hall–Kier alpha value is -0.160. The molecule has 3 aliphatic rings. The van der Waals surface area contributed by atoms with Crippen molar-refractivity contribution in [1.82, 2.24) is 10.2 Å². The van der Waals surface area contributed by atoms with Crippen molar-refractivity contribution in [1.29, 1.82) is 0 Å². The van der Waals surface area contributed by atoms with Gasteiger partial charge >= 0.3 is 0 Å². The van der Waals surface area contributed by atoms with Crippen molar-refractivity contribution >= 4 is 0 Å². The van der Waals surface area contributed by atoms with E-state index in [2.05, 4.69) is 17.3 Å². The molecule has 3 saturated heterocycles. The van der Waals surface area contributed by atoms with Crippen LogP contribution in [0.4, 0.5) is 0 Å². The highest BCUT2D eigenvalue weighted by atomic mass is 16.5. The third-order valence-electron chi connectivity index (χ3n) is 3.80. The van der Waals surface area contributed by atoms with Gasteiger partial charge in [0.2, 0.25) is 0 Å². The maximum atomic E-state index is 5.38. The number of nitrogens with zero attached hydrogens (tertiary/aromatic N) is 1. The normalized spacial score (nSPS) is 26.2. The summed E-state index contributed by atoms with van der Waals surface area (Å²) in [6, 6.07) is 1.46. The van der Waals surface area contributed by atoms with Crippen LogP contribution in [0.2, 0.25) is 0 Å². The first-order valence-electron chi connectivity index (χ1n) is 9.36. The molecule has 2 atom stereocenters. The van der Waals surface area contributed by atoms with Crippen molar-refractivity contribution < 1.29 is 9.47 Å². The molecule has 0 saturated carbocycles. The van der Waals surface area contributed by atoms with E-state index in [1.807, 2.05) is 48.6 Å². The predicted molar refractivity (Wildman–Crippen MR) is 97.7 cm³/mol.